The van der Waals surface area contributed by atoms with Crippen molar-refractivity contribution in [2.45, 2.75) is 31.9 Å². The summed E-state index contributed by atoms with van der Waals surface area (Å²) in [6.07, 6.45) is 4.43. The second-order valence-corrected chi connectivity index (χ2v) is 9.22. The number of halogens is 4. The maximum atomic E-state index is 13.1. The number of hydrogen-bond donors (Lipinski definition) is 0. The molecule has 6 nitrogen and oxygen atoms in total. The third-order valence-electron chi connectivity index (χ3n) is 6.65. The van der Waals surface area contributed by atoms with Crippen LogP contribution in [-0.4, -0.2) is 51.9 Å². The van der Waals surface area contributed by atoms with Crippen LogP contribution in [0.5, 0.6) is 0 Å². The van der Waals surface area contributed by atoms with Gasteiger partial charge in [0.05, 0.1) is 11.1 Å². The number of pyridine rings is 3. The second kappa shape index (κ2) is 10.4. The summed E-state index contributed by atoms with van der Waals surface area (Å²) in [7, 11) is 0. The minimum atomic E-state index is -4.48. The fraction of sp³-hybridized carbons (Fsp3) is 0.440. The van der Waals surface area contributed by atoms with Crippen molar-refractivity contribution in [2.24, 2.45) is 11.8 Å². The van der Waals surface area contributed by atoms with Crippen LogP contribution in [-0.2, 0) is 6.18 Å². The Balaban J connectivity index is 0.00000289. The molecule has 0 radical (unpaired) electrons. The van der Waals surface area contributed by atoms with E-state index in [1.165, 1.54) is 31.2 Å². The minimum Gasteiger partial charge on any atom is -0.356 e. The lowest BCUT2D eigenvalue weighted by Gasteiger charge is -2.36. The molecular weight excluding hydrogens is 479 g/mol. The monoisotopic (exact) mass is 505 g/mol. The van der Waals surface area contributed by atoms with E-state index in [2.05, 4.69) is 19.9 Å². The molecule has 10 heteroatoms. The van der Waals surface area contributed by atoms with Gasteiger partial charge in [-0.1, -0.05) is 0 Å². The smallest absolute Gasteiger partial charge is 0.356 e. The van der Waals surface area contributed by atoms with Crippen molar-refractivity contribution in [1.29, 1.82) is 0 Å². The molecule has 0 bridgehead atoms. The molecule has 4 heterocycles. The number of hydrogen-bond acceptors (Lipinski definition) is 5. The first-order valence-electron chi connectivity index (χ1n) is 11.7. The van der Waals surface area contributed by atoms with Crippen molar-refractivity contribution in [1.82, 2.24) is 19.9 Å². The van der Waals surface area contributed by atoms with Gasteiger partial charge in [-0.3, -0.25) is 9.78 Å². The third kappa shape index (κ3) is 5.83. The Bertz CT molecular complexity index is 1160. The molecule has 5 rings (SSSR count). The Hall–Kier alpha value is -2.94. The summed E-state index contributed by atoms with van der Waals surface area (Å²) < 4.78 is 39.1. The lowest BCUT2D eigenvalue weighted by molar-refractivity contribution is -0.140. The van der Waals surface area contributed by atoms with Crippen LogP contribution in [0.2, 0.25) is 0 Å². The van der Waals surface area contributed by atoms with E-state index in [4.69, 9.17) is 0 Å². The molecule has 0 unspecified atom stereocenters. The normalized spacial score (nSPS) is 16.7. The molecular formula is C25H27ClF3N5O. The van der Waals surface area contributed by atoms with Crippen LogP contribution in [0, 0.1) is 11.8 Å². The van der Waals surface area contributed by atoms with E-state index in [9.17, 15) is 18.0 Å². The average molecular weight is 506 g/mol. The first kappa shape index (κ1) is 25.2. The van der Waals surface area contributed by atoms with Crippen LogP contribution < -0.4 is 4.90 Å². The van der Waals surface area contributed by atoms with Crippen molar-refractivity contribution < 1.29 is 18.0 Å². The zero-order valence-electron chi connectivity index (χ0n) is 19.1. The first-order valence-corrected chi connectivity index (χ1v) is 11.7. The highest BCUT2D eigenvalue weighted by molar-refractivity contribution is 5.94. The molecule has 1 aliphatic heterocycles. The van der Waals surface area contributed by atoms with Gasteiger partial charge in [0, 0.05) is 50.2 Å². The largest absolute Gasteiger partial charge is 0.433 e. The summed E-state index contributed by atoms with van der Waals surface area (Å²) in [6.45, 7) is 2.95. The highest BCUT2D eigenvalue weighted by Gasteiger charge is 2.33. The number of piperidine rings is 1. The van der Waals surface area contributed by atoms with Gasteiger partial charge in [0.2, 0.25) is 0 Å². The number of anilines is 1. The molecule has 186 valence electrons. The van der Waals surface area contributed by atoms with Crippen molar-refractivity contribution in [2.75, 3.05) is 31.1 Å². The molecule has 1 saturated heterocycles. The van der Waals surface area contributed by atoms with Gasteiger partial charge < -0.3 is 9.80 Å². The molecule has 0 aromatic carbocycles. The summed E-state index contributed by atoms with van der Waals surface area (Å²) in [5.41, 5.74) is 0.00999. The van der Waals surface area contributed by atoms with Crippen LogP contribution in [0.25, 0.3) is 10.9 Å². The predicted molar refractivity (Wildman–Crippen MR) is 130 cm³/mol. The number of aromatic nitrogens is 3. The van der Waals surface area contributed by atoms with Gasteiger partial charge in [-0.05, 0) is 67.9 Å². The molecule has 0 atom stereocenters. The molecule has 3 aromatic rings. The van der Waals surface area contributed by atoms with Gasteiger partial charge in [-0.25, -0.2) is 9.97 Å². The van der Waals surface area contributed by atoms with Crippen molar-refractivity contribution in [3.05, 3.63) is 60.2 Å². The maximum Gasteiger partial charge on any atom is 0.433 e. The number of nitrogens with zero attached hydrogens (tertiary/aromatic N) is 5. The van der Waals surface area contributed by atoms with Gasteiger partial charge >= 0.3 is 6.18 Å². The number of amides is 1. The standard InChI is InChI=1S/C25H26F3N5O.ClH/c26-25(27,28)22-6-5-20-21(31-22)7-11-30-23(20)32-12-8-18(9-13-32)16-33(15-17-3-4-17)24(34)19-2-1-10-29-14-19;/h1-2,5-7,10-11,14,17-18H,3-4,8-9,12-13,15-16H2;1H. The van der Waals surface area contributed by atoms with E-state index in [-0.39, 0.29) is 18.3 Å². The zero-order chi connectivity index (χ0) is 23.7. The van der Waals surface area contributed by atoms with E-state index in [1.54, 1.807) is 18.5 Å². The van der Waals surface area contributed by atoms with Crippen molar-refractivity contribution >= 4 is 35.0 Å². The Labute approximate surface area is 208 Å². The van der Waals surface area contributed by atoms with Crippen LogP contribution in [0.1, 0.15) is 41.7 Å². The van der Waals surface area contributed by atoms with Crippen LogP contribution in [0.4, 0.5) is 19.0 Å². The molecule has 0 spiro atoms. The predicted octanol–water partition coefficient (Wildman–Crippen LogP) is 5.23. The zero-order valence-corrected chi connectivity index (χ0v) is 19.9. The number of alkyl halides is 3. The number of rotatable bonds is 6. The van der Waals surface area contributed by atoms with Gasteiger partial charge in [0.25, 0.3) is 5.91 Å². The Morgan fingerprint density at radius 1 is 1.00 bits per heavy atom. The van der Waals surface area contributed by atoms with E-state index >= 15 is 0 Å². The molecule has 35 heavy (non-hydrogen) atoms. The minimum absolute atomic E-state index is 0. The highest BCUT2D eigenvalue weighted by atomic mass is 35.5. The fourth-order valence-corrected chi connectivity index (χ4v) is 4.61. The third-order valence-corrected chi connectivity index (χ3v) is 6.65. The summed E-state index contributed by atoms with van der Waals surface area (Å²) in [5, 5.41) is 0.621. The SMILES string of the molecule is Cl.O=C(c1cccnc1)N(CC1CC1)CC1CCN(c2nccc3nc(C(F)(F)F)ccc23)CC1. The molecule has 3 aromatic heterocycles. The van der Waals surface area contributed by atoms with Crippen LogP contribution in [0.3, 0.4) is 0 Å². The quantitative estimate of drug-likeness (QED) is 0.459. The number of carbonyl (C=O) groups is 1. The Morgan fingerprint density at radius 3 is 2.34 bits per heavy atom. The van der Waals surface area contributed by atoms with Gasteiger partial charge in [0.15, 0.2) is 0 Å². The van der Waals surface area contributed by atoms with E-state index < -0.39 is 11.9 Å². The lowest BCUT2D eigenvalue weighted by Crippen LogP contribution is -2.42. The summed E-state index contributed by atoms with van der Waals surface area (Å²) in [6, 6.07) is 7.58. The van der Waals surface area contributed by atoms with E-state index in [0.29, 0.717) is 40.7 Å². The number of fused-ring (bicyclic) bond motifs is 1. The molecule has 2 fully saturated rings. The van der Waals surface area contributed by atoms with E-state index in [1.807, 2.05) is 11.0 Å². The summed E-state index contributed by atoms with van der Waals surface area (Å²) in [5.74, 6) is 1.65. The Morgan fingerprint density at radius 2 is 1.71 bits per heavy atom. The van der Waals surface area contributed by atoms with Gasteiger partial charge in [-0.15, -0.1) is 12.4 Å². The molecule has 1 aliphatic carbocycles. The fourth-order valence-electron chi connectivity index (χ4n) is 4.61. The van der Waals surface area contributed by atoms with Crippen molar-refractivity contribution in [3.63, 3.8) is 0 Å². The summed E-state index contributed by atoms with van der Waals surface area (Å²) >= 11 is 0. The first-order chi connectivity index (χ1) is 16.4. The van der Waals surface area contributed by atoms with E-state index in [0.717, 1.165) is 38.5 Å². The maximum absolute atomic E-state index is 13.1. The molecule has 2 aliphatic rings. The number of carbonyl (C=O) groups excluding carboxylic acids is 1. The second-order valence-electron chi connectivity index (χ2n) is 9.22. The topological polar surface area (TPSA) is 62.2 Å². The Kier molecular flexibility index (Phi) is 7.44. The van der Waals surface area contributed by atoms with Crippen molar-refractivity contribution in [3.8, 4) is 0 Å². The summed E-state index contributed by atoms with van der Waals surface area (Å²) in [4.78, 5) is 29.5. The lowest BCUT2D eigenvalue weighted by atomic mass is 9.95. The average Bonchev–Trinajstić information content (AvgIpc) is 3.67. The van der Waals surface area contributed by atoms with Gasteiger partial charge in [-0.2, -0.15) is 13.2 Å². The molecule has 0 N–H and O–H groups in total. The highest BCUT2D eigenvalue weighted by Crippen LogP contribution is 2.34. The van der Waals surface area contributed by atoms with Gasteiger partial charge in [0.1, 0.15) is 11.5 Å². The van der Waals surface area contributed by atoms with Crippen LogP contribution in [0.15, 0.2) is 48.9 Å². The van der Waals surface area contributed by atoms with Crippen LogP contribution >= 0.6 is 12.4 Å². The molecule has 1 amide bonds. The molecule has 1 saturated carbocycles.